The standard InChI is InChI=1S/C28H24N6O2/c1-17(23-22(36-2)11-7-15-31-23)32-28(35)26-27(29)34-24(18-8-4-3-5-9-18)25(33-26)20-12-13-21-19(16-20)10-6-14-30-21/h3-17H,1-2H3,(H2,29,34)(H,32,35). The van der Waals surface area contributed by atoms with Crippen molar-refractivity contribution < 1.29 is 9.53 Å². The molecule has 0 aliphatic rings. The molecule has 0 bridgehead atoms. The molecule has 8 nitrogen and oxygen atoms in total. The normalized spacial score (nSPS) is 11.7. The van der Waals surface area contributed by atoms with E-state index >= 15 is 0 Å². The minimum absolute atomic E-state index is 0.0395. The van der Waals surface area contributed by atoms with Gasteiger partial charge in [0.1, 0.15) is 11.4 Å². The van der Waals surface area contributed by atoms with E-state index in [0.717, 1.165) is 22.0 Å². The maximum Gasteiger partial charge on any atom is 0.274 e. The van der Waals surface area contributed by atoms with Crippen LogP contribution in [0, 0.1) is 0 Å². The first kappa shape index (κ1) is 22.9. The van der Waals surface area contributed by atoms with Crippen LogP contribution in [0.3, 0.4) is 0 Å². The lowest BCUT2D eigenvalue weighted by molar-refractivity contribution is 0.0934. The number of nitrogens with two attached hydrogens (primary N) is 1. The summed E-state index contributed by atoms with van der Waals surface area (Å²) >= 11 is 0. The SMILES string of the molecule is COc1cccnc1C(C)NC(=O)c1nc(-c2ccc3ncccc3c2)c(-c2ccccc2)nc1N. The van der Waals surface area contributed by atoms with Crippen LogP contribution in [0.15, 0.2) is 85.2 Å². The lowest BCUT2D eigenvalue weighted by atomic mass is 10.0. The highest BCUT2D eigenvalue weighted by Crippen LogP contribution is 2.32. The quantitative estimate of drug-likeness (QED) is 0.360. The molecule has 0 fully saturated rings. The number of carbonyl (C=O) groups excluding carboxylic acids is 1. The molecule has 0 aliphatic heterocycles. The third-order valence-electron chi connectivity index (χ3n) is 5.84. The molecule has 36 heavy (non-hydrogen) atoms. The zero-order chi connectivity index (χ0) is 25.1. The summed E-state index contributed by atoms with van der Waals surface area (Å²) in [5, 5.41) is 3.87. The van der Waals surface area contributed by atoms with Crippen LogP contribution in [0.2, 0.25) is 0 Å². The van der Waals surface area contributed by atoms with Gasteiger partial charge in [0.25, 0.3) is 5.91 Å². The number of amides is 1. The first-order valence-electron chi connectivity index (χ1n) is 11.4. The number of benzene rings is 2. The maximum absolute atomic E-state index is 13.3. The zero-order valence-corrected chi connectivity index (χ0v) is 19.8. The summed E-state index contributed by atoms with van der Waals surface area (Å²) in [5.41, 5.74) is 10.6. The van der Waals surface area contributed by atoms with E-state index in [1.54, 1.807) is 31.6 Å². The molecule has 8 heteroatoms. The summed E-state index contributed by atoms with van der Waals surface area (Å²) < 4.78 is 5.38. The number of pyridine rings is 2. The molecule has 2 aromatic carbocycles. The van der Waals surface area contributed by atoms with E-state index < -0.39 is 11.9 Å². The lowest BCUT2D eigenvalue weighted by Gasteiger charge is -2.17. The van der Waals surface area contributed by atoms with Gasteiger partial charge in [-0.3, -0.25) is 14.8 Å². The highest BCUT2D eigenvalue weighted by atomic mass is 16.5. The smallest absolute Gasteiger partial charge is 0.274 e. The number of fused-ring (bicyclic) bond motifs is 1. The number of hydrogen-bond acceptors (Lipinski definition) is 7. The first-order valence-corrected chi connectivity index (χ1v) is 11.4. The Kier molecular flexibility index (Phi) is 6.23. The summed E-state index contributed by atoms with van der Waals surface area (Å²) in [7, 11) is 1.56. The zero-order valence-electron chi connectivity index (χ0n) is 19.8. The number of anilines is 1. The molecular weight excluding hydrogens is 452 g/mol. The number of carbonyl (C=O) groups is 1. The third-order valence-corrected chi connectivity index (χ3v) is 5.84. The molecule has 3 aromatic heterocycles. The number of hydrogen-bond donors (Lipinski definition) is 2. The molecule has 3 heterocycles. The van der Waals surface area contributed by atoms with E-state index in [2.05, 4.69) is 20.3 Å². The minimum Gasteiger partial charge on any atom is -0.495 e. The molecule has 178 valence electrons. The Bertz CT molecular complexity index is 1560. The van der Waals surface area contributed by atoms with Crippen LogP contribution < -0.4 is 15.8 Å². The van der Waals surface area contributed by atoms with Crippen molar-refractivity contribution in [3.8, 4) is 28.3 Å². The van der Waals surface area contributed by atoms with E-state index in [1.165, 1.54) is 0 Å². The van der Waals surface area contributed by atoms with Crippen molar-refractivity contribution in [3.05, 3.63) is 96.6 Å². The fourth-order valence-electron chi connectivity index (χ4n) is 4.07. The molecule has 1 atom stereocenters. The molecule has 0 saturated heterocycles. The molecule has 0 aliphatic carbocycles. The second-order valence-corrected chi connectivity index (χ2v) is 8.22. The predicted molar refractivity (Wildman–Crippen MR) is 139 cm³/mol. The van der Waals surface area contributed by atoms with Crippen LogP contribution in [-0.2, 0) is 0 Å². The molecule has 1 amide bonds. The van der Waals surface area contributed by atoms with Crippen molar-refractivity contribution in [2.45, 2.75) is 13.0 Å². The second-order valence-electron chi connectivity index (χ2n) is 8.22. The Morgan fingerprint density at radius 3 is 2.44 bits per heavy atom. The number of methoxy groups -OCH3 is 1. The Morgan fingerprint density at radius 1 is 0.889 bits per heavy atom. The van der Waals surface area contributed by atoms with Crippen molar-refractivity contribution in [1.82, 2.24) is 25.3 Å². The van der Waals surface area contributed by atoms with Crippen molar-refractivity contribution in [3.63, 3.8) is 0 Å². The summed E-state index contributed by atoms with van der Waals surface area (Å²) in [6.07, 6.45) is 3.40. The van der Waals surface area contributed by atoms with Gasteiger partial charge in [-0.2, -0.15) is 0 Å². The molecule has 3 N–H and O–H groups in total. The van der Waals surface area contributed by atoms with Gasteiger partial charge in [-0.1, -0.05) is 42.5 Å². The van der Waals surface area contributed by atoms with Gasteiger partial charge in [-0.05, 0) is 37.3 Å². The summed E-state index contributed by atoms with van der Waals surface area (Å²) in [6, 6.07) is 22.4. The van der Waals surface area contributed by atoms with Gasteiger partial charge in [0.05, 0.1) is 30.1 Å². The number of aromatic nitrogens is 4. The van der Waals surface area contributed by atoms with Crippen LogP contribution in [0.25, 0.3) is 33.4 Å². The average molecular weight is 477 g/mol. The van der Waals surface area contributed by atoms with Crippen molar-refractivity contribution in [2.24, 2.45) is 0 Å². The fraction of sp³-hybridized carbons (Fsp3) is 0.107. The summed E-state index contributed by atoms with van der Waals surface area (Å²) in [5.74, 6) is 0.163. The Hall–Kier alpha value is -4.85. The molecule has 5 rings (SSSR count). The van der Waals surface area contributed by atoms with Gasteiger partial charge in [-0.15, -0.1) is 0 Å². The van der Waals surface area contributed by atoms with E-state index in [9.17, 15) is 4.79 Å². The largest absolute Gasteiger partial charge is 0.495 e. The van der Waals surface area contributed by atoms with Crippen LogP contribution in [0.5, 0.6) is 5.75 Å². The highest BCUT2D eigenvalue weighted by molar-refractivity contribution is 5.98. The maximum atomic E-state index is 13.3. The van der Waals surface area contributed by atoms with Gasteiger partial charge in [0.15, 0.2) is 11.5 Å². The molecule has 0 saturated carbocycles. The molecular formula is C28H24N6O2. The number of nitrogens with one attached hydrogen (secondary N) is 1. The summed E-state index contributed by atoms with van der Waals surface area (Å²) in [6.45, 7) is 1.82. The predicted octanol–water partition coefficient (Wildman–Crippen LogP) is 4.84. The monoisotopic (exact) mass is 476 g/mol. The van der Waals surface area contributed by atoms with Crippen LogP contribution in [0.1, 0.15) is 29.1 Å². The van der Waals surface area contributed by atoms with Crippen LogP contribution in [0.4, 0.5) is 5.82 Å². The van der Waals surface area contributed by atoms with Crippen LogP contribution in [-0.4, -0.2) is 33.0 Å². The van der Waals surface area contributed by atoms with Gasteiger partial charge in [0.2, 0.25) is 0 Å². The Balaban J connectivity index is 1.59. The third kappa shape index (κ3) is 4.44. The van der Waals surface area contributed by atoms with Crippen molar-refractivity contribution in [2.75, 3.05) is 12.8 Å². The molecule has 1 unspecified atom stereocenters. The van der Waals surface area contributed by atoms with Gasteiger partial charge < -0.3 is 15.8 Å². The first-order chi connectivity index (χ1) is 17.5. The van der Waals surface area contributed by atoms with E-state index in [4.69, 9.17) is 15.5 Å². The number of rotatable bonds is 6. The topological polar surface area (TPSA) is 116 Å². The van der Waals surface area contributed by atoms with Crippen LogP contribution >= 0.6 is 0 Å². The Labute approximate surface area is 208 Å². The molecule has 5 aromatic rings. The van der Waals surface area contributed by atoms with E-state index in [0.29, 0.717) is 22.8 Å². The summed E-state index contributed by atoms with van der Waals surface area (Å²) in [4.78, 5) is 31.4. The van der Waals surface area contributed by atoms with Gasteiger partial charge >= 0.3 is 0 Å². The fourth-order valence-corrected chi connectivity index (χ4v) is 4.07. The number of nitrogen functional groups attached to an aromatic ring is 1. The number of ether oxygens (including phenoxy) is 1. The minimum atomic E-state index is -0.455. The van der Waals surface area contributed by atoms with E-state index in [1.807, 2.05) is 67.6 Å². The highest BCUT2D eigenvalue weighted by Gasteiger charge is 2.23. The van der Waals surface area contributed by atoms with Crippen molar-refractivity contribution in [1.29, 1.82) is 0 Å². The van der Waals surface area contributed by atoms with E-state index in [-0.39, 0.29) is 11.5 Å². The molecule has 0 spiro atoms. The molecule has 0 radical (unpaired) electrons. The van der Waals surface area contributed by atoms with Gasteiger partial charge in [0, 0.05) is 28.9 Å². The van der Waals surface area contributed by atoms with Gasteiger partial charge in [-0.25, -0.2) is 9.97 Å². The Morgan fingerprint density at radius 2 is 1.64 bits per heavy atom. The second kappa shape index (κ2) is 9.79. The average Bonchev–Trinajstić information content (AvgIpc) is 2.93. The number of nitrogens with zero attached hydrogens (tertiary/aromatic N) is 4. The van der Waals surface area contributed by atoms with Crippen molar-refractivity contribution >= 4 is 22.6 Å². The lowest BCUT2D eigenvalue weighted by Crippen LogP contribution is -2.29.